The van der Waals surface area contributed by atoms with Crippen LogP contribution in [0.5, 0.6) is 11.5 Å². The first kappa shape index (κ1) is 17.0. The second-order valence-corrected chi connectivity index (χ2v) is 7.49. The molecule has 2 aromatic rings. The summed E-state index contributed by atoms with van der Waals surface area (Å²) in [4.78, 5) is 14.6. The van der Waals surface area contributed by atoms with Crippen molar-refractivity contribution in [2.75, 3.05) is 12.0 Å². The fraction of sp³-hybridized carbons (Fsp3) is 0.0588. The number of hydrogen-bond acceptors (Lipinski definition) is 5. The van der Waals surface area contributed by atoms with E-state index in [0.717, 1.165) is 10.2 Å². The minimum atomic E-state index is -0.213. The summed E-state index contributed by atoms with van der Waals surface area (Å²) < 4.78 is 6.33. The van der Waals surface area contributed by atoms with E-state index >= 15 is 0 Å². The lowest BCUT2D eigenvalue weighted by Crippen LogP contribution is -2.27. The van der Waals surface area contributed by atoms with Gasteiger partial charge in [0.2, 0.25) is 0 Å². The van der Waals surface area contributed by atoms with Crippen LogP contribution in [0.15, 0.2) is 51.8 Å². The van der Waals surface area contributed by atoms with E-state index in [1.165, 1.54) is 23.8 Å². The number of phenols is 1. The van der Waals surface area contributed by atoms with Crippen molar-refractivity contribution in [1.82, 2.24) is 0 Å². The summed E-state index contributed by atoms with van der Waals surface area (Å²) in [7, 11) is 1.47. The predicted molar refractivity (Wildman–Crippen MR) is 104 cm³/mol. The van der Waals surface area contributed by atoms with Gasteiger partial charge in [-0.15, -0.1) is 0 Å². The van der Waals surface area contributed by atoms with Crippen LogP contribution in [-0.4, -0.2) is 22.4 Å². The molecule has 4 nitrogen and oxygen atoms in total. The van der Waals surface area contributed by atoms with E-state index in [-0.39, 0.29) is 11.7 Å². The number of thiocarbonyl (C=S) groups is 1. The molecule has 0 atom stereocenters. The number of thioether (sulfide) groups is 1. The van der Waals surface area contributed by atoms with Gasteiger partial charge < -0.3 is 9.84 Å². The number of methoxy groups -OCH3 is 1. The van der Waals surface area contributed by atoms with E-state index in [0.29, 0.717) is 20.5 Å². The Morgan fingerprint density at radius 1 is 1.29 bits per heavy atom. The maximum atomic E-state index is 12.7. The van der Waals surface area contributed by atoms with Crippen molar-refractivity contribution in [3.63, 3.8) is 0 Å². The Morgan fingerprint density at radius 2 is 2.00 bits per heavy atom. The number of ether oxygens (including phenoxy) is 1. The summed E-state index contributed by atoms with van der Waals surface area (Å²) >= 11 is 9.90. The fourth-order valence-corrected chi connectivity index (χ4v) is 4.01. The monoisotopic (exact) mass is 421 g/mol. The number of benzene rings is 2. The molecule has 7 heteroatoms. The van der Waals surface area contributed by atoms with Crippen molar-refractivity contribution in [1.29, 1.82) is 0 Å². The average Bonchev–Trinajstić information content (AvgIpc) is 2.85. The Bertz CT molecular complexity index is 852. The second-order valence-electron chi connectivity index (χ2n) is 4.90. The highest BCUT2D eigenvalue weighted by Gasteiger charge is 2.33. The Morgan fingerprint density at radius 3 is 2.67 bits per heavy atom. The number of para-hydroxylation sites is 1. The van der Waals surface area contributed by atoms with Crippen LogP contribution in [0.1, 0.15) is 5.56 Å². The smallest absolute Gasteiger partial charge is 0.270 e. The number of rotatable bonds is 3. The highest BCUT2D eigenvalue weighted by molar-refractivity contribution is 9.10. The number of amides is 1. The van der Waals surface area contributed by atoms with Crippen molar-refractivity contribution in [2.45, 2.75) is 0 Å². The average molecular weight is 422 g/mol. The van der Waals surface area contributed by atoms with Crippen LogP contribution in [0.25, 0.3) is 6.08 Å². The molecule has 3 rings (SSSR count). The summed E-state index contributed by atoms with van der Waals surface area (Å²) in [6.07, 6.45) is 1.62. The van der Waals surface area contributed by atoms with Crippen LogP contribution < -0.4 is 9.64 Å². The molecule has 0 bridgehead atoms. The molecule has 1 saturated heterocycles. The van der Waals surface area contributed by atoms with Crippen molar-refractivity contribution >= 4 is 61.9 Å². The van der Waals surface area contributed by atoms with E-state index in [1.807, 2.05) is 30.3 Å². The first-order valence-corrected chi connectivity index (χ1v) is 8.92. The number of carbonyl (C=O) groups excluding carboxylic acids is 1. The topological polar surface area (TPSA) is 49.8 Å². The molecular weight excluding hydrogens is 410 g/mol. The van der Waals surface area contributed by atoms with Crippen LogP contribution in [0.3, 0.4) is 0 Å². The molecule has 1 amide bonds. The van der Waals surface area contributed by atoms with Gasteiger partial charge in [-0.2, -0.15) is 0 Å². The normalized spacial score (nSPS) is 16.1. The summed E-state index contributed by atoms with van der Waals surface area (Å²) in [6.45, 7) is 0. The molecule has 122 valence electrons. The first-order chi connectivity index (χ1) is 11.5. The molecule has 0 aromatic heterocycles. The Balaban J connectivity index is 2.00. The number of hydrogen-bond donors (Lipinski definition) is 1. The van der Waals surface area contributed by atoms with Crippen molar-refractivity contribution in [2.24, 2.45) is 0 Å². The van der Waals surface area contributed by atoms with Gasteiger partial charge >= 0.3 is 0 Å². The SMILES string of the molecule is COc1cc(Br)cc(/C=C2\SC(=S)N(c3ccccc3)C2=O)c1O. The molecule has 1 fully saturated rings. The van der Waals surface area contributed by atoms with Gasteiger partial charge in [0.15, 0.2) is 15.8 Å². The second kappa shape index (κ2) is 6.96. The lowest BCUT2D eigenvalue weighted by molar-refractivity contribution is -0.113. The van der Waals surface area contributed by atoms with Crippen molar-refractivity contribution < 1.29 is 14.6 Å². The van der Waals surface area contributed by atoms with Gasteiger partial charge in [0, 0.05) is 10.0 Å². The standard InChI is InChI=1S/C17H12BrNO3S2/c1-22-13-9-11(18)7-10(15(13)20)8-14-16(21)19(17(23)24-14)12-5-3-2-4-6-12/h2-9,20H,1H3/b14-8-. The molecule has 0 unspecified atom stereocenters. The number of carbonyl (C=O) groups is 1. The van der Waals surface area contributed by atoms with Crippen molar-refractivity contribution in [3.05, 3.63) is 57.4 Å². The van der Waals surface area contributed by atoms with Gasteiger partial charge in [-0.3, -0.25) is 9.69 Å². The first-order valence-electron chi connectivity index (χ1n) is 6.91. The van der Waals surface area contributed by atoms with Gasteiger partial charge in [0.25, 0.3) is 5.91 Å². The maximum absolute atomic E-state index is 12.7. The van der Waals surface area contributed by atoms with E-state index in [2.05, 4.69) is 15.9 Å². The molecule has 24 heavy (non-hydrogen) atoms. The molecule has 2 aromatic carbocycles. The van der Waals surface area contributed by atoms with Crippen LogP contribution >= 0.6 is 39.9 Å². The zero-order valence-electron chi connectivity index (χ0n) is 12.5. The molecule has 0 spiro atoms. The van der Waals surface area contributed by atoms with Crippen LogP contribution in [0.4, 0.5) is 5.69 Å². The molecule has 0 saturated carbocycles. The zero-order chi connectivity index (χ0) is 17.3. The third-order valence-corrected chi connectivity index (χ3v) is 5.14. The molecular formula is C17H12BrNO3S2. The summed E-state index contributed by atoms with van der Waals surface area (Å²) in [5, 5.41) is 10.3. The summed E-state index contributed by atoms with van der Waals surface area (Å²) in [5.74, 6) is 0.0920. The van der Waals surface area contributed by atoms with Gasteiger partial charge in [-0.05, 0) is 30.3 Å². The molecule has 1 aliphatic rings. The zero-order valence-corrected chi connectivity index (χ0v) is 15.7. The third kappa shape index (κ3) is 3.19. The third-order valence-electron chi connectivity index (χ3n) is 3.38. The molecule has 0 aliphatic carbocycles. The van der Waals surface area contributed by atoms with Crippen LogP contribution in [0, 0.1) is 0 Å². The molecule has 1 N–H and O–H groups in total. The number of anilines is 1. The van der Waals surface area contributed by atoms with E-state index in [1.54, 1.807) is 18.2 Å². The summed E-state index contributed by atoms with van der Waals surface area (Å²) in [5.41, 5.74) is 1.20. The number of nitrogens with zero attached hydrogens (tertiary/aromatic N) is 1. The largest absolute Gasteiger partial charge is 0.504 e. The minimum Gasteiger partial charge on any atom is -0.504 e. The Labute approximate surface area is 157 Å². The van der Waals surface area contributed by atoms with E-state index in [4.69, 9.17) is 17.0 Å². The van der Waals surface area contributed by atoms with Crippen LogP contribution in [0.2, 0.25) is 0 Å². The van der Waals surface area contributed by atoms with Gasteiger partial charge in [0.1, 0.15) is 0 Å². The van der Waals surface area contributed by atoms with Gasteiger partial charge in [-0.1, -0.05) is 58.1 Å². The van der Waals surface area contributed by atoms with E-state index in [9.17, 15) is 9.90 Å². The molecule has 0 radical (unpaired) electrons. The highest BCUT2D eigenvalue weighted by Crippen LogP contribution is 2.39. The van der Waals surface area contributed by atoms with Crippen molar-refractivity contribution in [3.8, 4) is 11.5 Å². The molecule has 1 aliphatic heterocycles. The maximum Gasteiger partial charge on any atom is 0.270 e. The summed E-state index contributed by atoms with van der Waals surface area (Å²) in [6, 6.07) is 12.6. The lowest BCUT2D eigenvalue weighted by Gasteiger charge is -2.13. The highest BCUT2D eigenvalue weighted by atomic mass is 79.9. The lowest BCUT2D eigenvalue weighted by atomic mass is 10.1. The quantitative estimate of drug-likeness (QED) is 0.580. The van der Waals surface area contributed by atoms with E-state index < -0.39 is 0 Å². The predicted octanol–water partition coefficient (Wildman–Crippen LogP) is 4.57. The van der Waals surface area contributed by atoms with Gasteiger partial charge in [-0.25, -0.2) is 0 Å². The Hall–Kier alpha value is -1.83. The minimum absolute atomic E-state index is 0.0225. The number of aromatic hydroxyl groups is 1. The van der Waals surface area contributed by atoms with Gasteiger partial charge in [0.05, 0.1) is 17.7 Å². The fourth-order valence-electron chi connectivity index (χ4n) is 2.27. The van der Waals surface area contributed by atoms with Crippen LogP contribution in [-0.2, 0) is 4.79 Å². The Kier molecular flexibility index (Phi) is 4.93. The number of halogens is 1. The number of phenolic OH excluding ortho intramolecular Hbond substituents is 1. The molecule has 1 heterocycles.